The van der Waals surface area contributed by atoms with Crippen LogP contribution in [0, 0.1) is 5.92 Å². The first-order valence-corrected chi connectivity index (χ1v) is 14.4. The number of carbonyl (C=O) groups excluding carboxylic acids is 2. The molecule has 4 rings (SSSR count). The molecular formula is C33H36N2O8. The van der Waals surface area contributed by atoms with Crippen LogP contribution in [0.15, 0.2) is 72.8 Å². The van der Waals surface area contributed by atoms with E-state index in [0.717, 1.165) is 29.9 Å². The average molecular weight is 589 g/mol. The number of aryl methyl sites for hydroxylation is 1. The van der Waals surface area contributed by atoms with E-state index in [-0.39, 0.29) is 42.2 Å². The number of aliphatic carboxylic acids is 1. The lowest BCUT2D eigenvalue weighted by atomic mass is 9.96. The zero-order valence-electron chi connectivity index (χ0n) is 23.9. The van der Waals surface area contributed by atoms with Gasteiger partial charge < -0.3 is 29.9 Å². The summed E-state index contributed by atoms with van der Waals surface area (Å²) in [5.41, 5.74) is 1.15. The minimum atomic E-state index is -1.19. The van der Waals surface area contributed by atoms with Crippen LogP contribution in [0.3, 0.4) is 0 Å². The number of anilines is 1. The summed E-state index contributed by atoms with van der Waals surface area (Å²) in [4.78, 5) is 50.4. The summed E-state index contributed by atoms with van der Waals surface area (Å²) in [5, 5.41) is 21.4. The normalized spacial score (nSPS) is 13.3. The van der Waals surface area contributed by atoms with Crippen LogP contribution in [0.4, 0.5) is 5.69 Å². The number of benzene rings is 3. The van der Waals surface area contributed by atoms with Crippen molar-refractivity contribution in [1.29, 1.82) is 0 Å². The van der Waals surface area contributed by atoms with Crippen molar-refractivity contribution in [3.8, 4) is 11.5 Å². The molecule has 1 aliphatic rings. The summed E-state index contributed by atoms with van der Waals surface area (Å²) in [6.07, 6.45) is 2.97. The fourth-order valence-corrected chi connectivity index (χ4v) is 4.79. The third-order valence-electron chi connectivity index (χ3n) is 7.29. The Kier molecular flexibility index (Phi) is 11.1. The van der Waals surface area contributed by atoms with Gasteiger partial charge >= 0.3 is 11.9 Å². The molecule has 10 heteroatoms. The molecule has 0 spiro atoms. The van der Waals surface area contributed by atoms with Gasteiger partial charge in [0.05, 0.1) is 35.9 Å². The highest BCUT2D eigenvalue weighted by molar-refractivity contribution is 6.05. The maximum Gasteiger partial charge on any atom is 0.335 e. The summed E-state index contributed by atoms with van der Waals surface area (Å²) >= 11 is 0. The van der Waals surface area contributed by atoms with Crippen LogP contribution in [-0.2, 0) is 16.0 Å². The number of carboxylic acid groups (broad SMARTS) is 2. The SMILES string of the molecule is O=C(CCc1ccc(OCCCCOc2ccccc2)cc1)Nc1ccc(C(=O)O)cc1C(=O)N1CCC(C(=O)O)CC1. The van der Waals surface area contributed by atoms with Gasteiger partial charge in [-0.15, -0.1) is 0 Å². The maximum atomic E-state index is 13.3. The summed E-state index contributed by atoms with van der Waals surface area (Å²) in [7, 11) is 0. The Morgan fingerprint density at radius 1 is 0.814 bits per heavy atom. The second-order valence-corrected chi connectivity index (χ2v) is 10.4. The van der Waals surface area contributed by atoms with E-state index in [2.05, 4.69) is 5.32 Å². The lowest BCUT2D eigenvalue weighted by Crippen LogP contribution is -2.40. The van der Waals surface area contributed by atoms with Gasteiger partial charge in [0.1, 0.15) is 11.5 Å². The number of aromatic carboxylic acids is 1. The number of rotatable bonds is 14. The fourth-order valence-electron chi connectivity index (χ4n) is 4.79. The Morgan fingerprint density at radius 3 is 2.05 bits per heavy atom. The lowest BCUT2D eigenvalue weighted by molar-refractivity contribution is -0.143. The molecule has 1 heterocycles. The van der Waals surface area contributed by atoms with E-state index in [0.29, 0.717) is 32.5 Å². The minimum Gasteiger partial charge on any atom is -0.494 e. The van der Waals surface area contributed by atoms with Gasteiger partial charge in [0.2, 0.25) is 5.91 Å². The molecule has 0 saturated carbocycles. The molecular weight excluding hydrogens is 552 g/mol. The van der Waals surface area contributed by atoms with Crippen molar-refractivity contribution in [2.75, 3.05) is 31.6 Å². The molecule has 1 aliphatic heterocycles. The molecule has 43 heavy (non-hydrogen) atoms. The molecule has 0 aromatic heterocycles. The minimum absolute atomic E-state index is 0.0650. The highest BCUT2D eigenvalue weighted by atomic mass is 16.5. The number of piperidine rings is 1. The second-order valence-electron chi connectivity index (χ2n) is 10.4. The van der Waals surface area contributed by atoms with Crippen LogP contribution in [-0.4, -0.2) is 65.2 Å². The van der Waals surface area contributed by atoms with E-state index in [9.17, 15) is 29.4 Å². The van der Waals surface area contributed by atoms with Crippen molar-refractivity contribution >= 4 is 29.4 Å². The van der Waals surface area contributed by atoms with E-state index in [1.165, 1.54) is 23.1 Å². The van der Waals surface area contributed by atoms with Gasteiger partial charge in [0.15, 0.2) is 0 Å². The quantitative estimate of drug-likeness (QED) is 0.220. The van der Waals surface area contributed by atoms with E-state index >= 15 is 0 Å². The Labute approximate surface area is 250 Å². The van der Waals surface area contributed by atoms with Crippen molar-refractivity contribution in [1.82, 2.24) is 4.90 Å². The monoisotopic (exact) mass is 588 g/mol. The maximum absolute atomic E-state index is 13.3. The van der Waals surface area contributed by atoms with Crippen LogP contribution in [0.2, 0.25) is 0 Å². The van der Waals surface area contributed by atoms with Crippen molar-refractivity contribution in [3.63, 3.8) is 0 Å². The lowest BCUT2D eigenvalue weighted by Gasteiger charge is -2.30. The summed E-state index contributed by atoms with van der Waals surface area (Å²) in [5.74, 6) is -1.77. The number of amides is 2. The highest BCUT2D eigenvalue weighted by Crippen LogP contribution is 2.25. The molecule has 0 unspecified atom stereocenters. The number of likely N-dealkylation sites (tertiary alicyclic amines) is 1. The van der Waals surface area contributed by atoms with Crippen molar-refractivity contribution in [2.24, 2.45) is 5.92 Å². The second kappa shape index (κ2) is 15.4. The van der Waals surface area contributed by atoms with E-state index in [1.807, 2.05) is 54.6 Å². The molecule has 0 radical (unpaired) electrons. The van der Waals surface area contributed by atoms with Gasteiger partial charge in [0, 0.05) is 19.5 Å². The molecule has 3 aromatic carbocycles. The number of hydrogen-bond donors (Lipinski definition) is 3. The number of hydrogen-bond acceptors (Lipinski definition) is 6. The number of carboxylic acids is 2. The van der Waals surface area contributed by atoms with Crippen LogP contribution in [0.1, 0.15) is 58.4 Å². The van der Waals surface area contributed by atoms with E-state index < -0.39 is 23.8 Å². The van der Waals surface area contributed by atoms with Gasteiger partial charge in [-0.1, -0.05) is 30.3 Å². The first-order valence-electron chi connectivity index (χ1n) is 14.4. The topological polar surface area (TPSA) is 142 Å². The predicted molar refractivity (Wildman–Crippen MR) is 160 cm³/mol. The first kappa shape index (κ1) is 31.1. The number of unbranched alkanes of at least 4 members (excludes halogenated alkanes) is 1. The van der Waals surface area contributed by atoms with Crippen LogP contribution in [0.5, 0.6) is 11.5 Å². The number of para-hydroxylation sites is 1. The highest BCUT2D eigenvalue weighted by Gasteiger charge is 2.29. The van der Waals surface area contributed by atoms with Gasteiger partial charge in [-0.3, -0.25) is 14.4 Å². The molecule has 3 N–H and O–H groups in total. The molecule has 2 amide bonds. The Morgan fingerprint density at radius 2 is 1.44 bits per heavy atom. The number of ether oxygens (including phenoxy) is 2. The van der Waals surface area contributed by atoms with Crippen LogP contribution < -0.4 is 14.8 Å². The Balaban J connectivity index is 1.24. The zero-order chi connectivity index (χ0) is 30.6. The fraction of sp³-hybridized carbons (Fsp3) is 0.333. The molecule has 1 fully saturated rings. The average Bonchev–Trinajstić information content (AvgIpc) is 3.02. The van der Waals surface area contributed by atoms with Gasteiger partial charge in [-0.05, 0) is 80.1 Å². The number of carbonyl (C=O) groups is 4. The van der Waals surface area contributed by atoms with Gasteiger partial charge in [-0.2, -0.15) is 0 Å². The molecule has 0 bridgehead atoms. The van der Waals surface area contributed by atoms with Crippen molar-refractivity contribution in [3.05, 3.63) is 89.5 Å². The van der Waals surface area contributed by atoms with E-state index in [1.54, 1.807) is 0 Å². The summed E-state index contributed by atoms with van der Waals surface area (Å²) in [6.45, 7) is 1.67. The van der Waals surface area contributed by atoms with Gasteiger partial charge in [0.25, 0.3) is 5.91 Å². The molecule has 0 aliphatic carbocycles. The largest absolute Gasteiger partial charge is 0.494 e. The zero-order valence-corrected chi connectivity index (χ0v) is 23.9. The number of nitrogens with one attached hydrogen (secondary N) is 1. The first-order chi connectivity index (χ1) is 20.8. The smallest absolute Gasteiger partial charge is 0.335 e. The Bertz CT molecular complexity index is 1400. The Hall–Kier alpha value is -4.86. The molecule has 0 atom stereocenters. The third kappa shape index (κ3) is 9.32. The third-order valence-corrected chi connectivity index (χ3v) is 7.29. The molecule has 1 saturated heterocycles. The summed E-state index contributed by atoms with van der Waals surface area (Å²) in [6, 6.07) is 21.2. The van der Waals surface area contributed by atoms with Crippen LogP contribution >= 0.6 is 0 Å². The van der Waals surface area contributed by atoms with E-state index in [4.69, 9.17) is 9.47 Å². The van der Waals surface area contributed by atoms with Gasteiger partial charge in [-0.25, -0.2) is 4.79 Å². The molecule has 226 valence electrons. The van der Waals surface area contributed by atoms with Crippen LogP contribution in [0.25, 0.3) is 0 Å². The molecule has 3 aromatic rings. The number of nitrogens with zero attached hydrogens (tertiary/aromatic N) is 1. The molecule has 10 nitrogen and oxygen atoms in total. The standard InChI is InChI=1S/C33H36N2O8/c36-30(15-10-23-8-12-27(13-9-23)43-21-5-4-20-42-26-6-2-1-3-7-26)34-29-14-11-25(33(40)41)22-28(29)31(37)35-18-16-24(17-19-35)32(38)39/h1-3,6-9,11-14,22,24H,4-5,10,15-21H2,(H,34,36)(H,38,39)(H,40,41). The van der Waals surface area contributed by atoms with Crippen molar-refractivity contribution < 1.29 is 38.9 Å². The summed E-state index contributed by atoms with van der Waals surface area (Å²) < 4.78 is 11.5. The van der Waals surface area contributed by atoms with Crippen molar-refractivity contribution in [2.45, 2.75) is 38.5 Å². The predicted octanol–water partition coefficient (Wildman–Crippen LogP) is 5.13.